The van der Waals surface area contributed by atoms with Gasteiger partial charge >= 0.3 is 6.09 Å². The van der Waals surface area contributed by atoms with Gasteiger partial charge in [-0.05, 0) is 37.5 Å². The summed E-state index contributed by atoms with van der Waals surface area (Å²) in [5, 5.41) is 2.87. The van der Waals surface area contributed by atoms with Gasteiger partial charge in [0.15, 0.2) is 11.5 Å². The van der Waals surface area contributed by atoms with Crippen LogP contribution in [-0.4, -0.2) is 46.7 Å². The van der Waals surface area contributed by atoms with Crippen molar-refractivity contribution in [2.24, 2.45) is 0 Å². The highest BCUT2D eigenvalue weighted by Gasteiger charge is 2.35. The van der Waals surface area contributed by atoms with Crippen LogP contribution in [0.25, 0.3) is 0 Å². The lowest BCUT2D eigenvalue weighted by molar-refractivity contribution is 0.0489. The molecule has 23 heavy (non-hydrogen) atoms. The minimum Gasteiger partial charge on any atom is -0.493 e. The van der Waals surface area contributed by atoms with Gasteiger partial charge < -0.3 is 24.3 Å². The third-order valence-electron chi connectivity index (χ3n) is 4.29. The summed E-state index contributed by atoms with van der Waals surface area (Å²) in [5.74, 6) is 1.38. The van der Waals surface area contributed by atoms with E-state index in [1.165, 1.54) is 0 Å². The molecule has 1 heterocycles. The van der Waals surface area contributed by atoms with E-state index in [-0.39, 0.29) is 11.5 Å². The molecule has 2 rings (SSSR count). The Hall–Kier alpha value is -1.95. The maximum absolute atomic E-state index is 11.7. The Kier molecular flexibility index (Phi) is 6.10. The molecule has 0 saturated carbocycles. The smallest absolute Gasteiger partial charge is 0.407 e. The topological polar surface area (TPSA) is 66.0 Å². The van der Waals surface area contributed by atoms with Gasteiger partial charge in [0.25, 0.3) is 0 Å². The number of hydrogen-bond donors (Lipinski definition) is 1. The van der Waals surface area contributed by atoms with Gasteiger partial charge in [0.2, 0.25) is 0 Å². The molecule has 0 radical (unpaired) electrons. The first kappa shape index (κ1) is 17.4. The number of amides is 1. The van der Waals surface area contributed by atoms with E-state index in [1.54, 1.807) is 21.1 Å². The van der Waals surface area contributed by atoms with Gasteiger partial charge in [-0.1, -0.05) is 6.07 Å². The van der Waals surface area contributed by atoms with Gasteiger partial charge in [-0.25, -0.2) is 4.79 Å². The SMILES string of the molecule is CCOC(=O)NCC1(c2ccc(OC)c(OC)c2)CCOCC1. The predicted octanol–water partition coefficient (Wildman–Crippen LogP) is 2.50. The quantitative estimate of drug-likeness (QED) is 0.871. The van der Waals surface area contributed by atoms with Crippen molar-refractivity contribution in [3.8, 4) is 11.5 Å². The fourth-order valence-electron chi connectivity index (χ4n) is 2.92. The second kappa shape index (κ2) is 8.06. The number of nitrogens with one attached hydrogen (secondary N) is 1. The highest BCUT2D eigenvalue weighted by molar-refractivity contribution is 5.67. The van der Waals surface area contributed by atoms with Gasteiger partial charge in [-0.3, -0.25) is 0 Å². The van der Waals surface area contributed by atoms with Crippen LogP contribution in [0.2, 0.25) is 0 Å². The van der Waals surface area contributed by atoms with E-state index in [0.29, 0.717) is 37.9 Å². The molecule has 1 N–H and O–H groups in total. The first-order valence-corrected chi connectivity index (χ1v) is 7.86. The van der Waals surface area contributed by atoms with Crippen molar-refractivity contribution in [3.63, 3.8) is 0 Å². The zero-order chi connectivity index (χ0) is 16.7. The first-order valence-electron chi connectivity index (χ1n) is 7.86. The number of carbonyl (C=O) groups is 1. The van der Waals surface area contributed by atoms with Crippen LogP contribution in [0.1, 0.15) is 25.3 Å². The second-order valence-electron chi connectivity index (χ2n) is 5.54. The molecule has 1 aromatic rings. The monoisotopic (exact) mass is 323 g/mol. The van der Waals surface area contributed by atoms with Gasteiger partial charge in [-0.15, -0.1) is 0 Å². The number of benzene rings is 1. The average Bonchev–Trinajstić information content (AvgIpc) is 2.60. The molecular weight excluding hydrogens is 298 g/mol. The van der Waals surface area contributed by atoms with Crippen LogP contribution in [0, 0.1) is 0 Å². The molecule has 0 bridgehead atoms. The number of methoxy groups -OCH3 is 2. The molecule has 1 aromatic carbocycles. The summed E-state index contributed by atoms with van der Waals surface area (Å²) in [7, 11) is 3.24. The van der Waals surface area contributed by atoms with Crippen LogP contribution >= 0.6 is 0 Å². The molecule has 0 atom stereocenters. The van der Waals surface area contributed by atoms with Crippen molar-refractivity contribution in [3.05, 3.63) is 23.8 Å². The average molecular weight is 323 g/mol. The molecule has 6 heteroatoms. The molecule has 0 aliphatic carbocycles. The molecular formula is C17H25NO5. The standard InChI is InChI=1S/C17H25NO5/c1-4-23-16(19)18-12-17(7-9-22-10-8-17)13-5-6-14(20-2)15(11-13)21-3/h5-6,11H,4,7-10,12H2,1-3H3,(H,18,19). The molecule has 128 valence electrons. The molecule has 1 aliphatic heterocycles. The maximum Gasteiger partial charge on any atom is 0.407 e. The summed E-state index contributed by atoms with van der Waals surface area (Å²) in [4.78, 5) is 11.7. The highest BCUT2D eigenvalue weighted by atomic mass is 16.5. The van der Waals surface area contributed by atoms with Crippen molar-refractivity contribution in [2.75, 3.05) is 40.6 Å². The number of carbonyl (C=O) groups excluding carboxylic acids is 1. The summed E-state index contributed by atoms with van der Waals surface area (Å²) >= 11 is 0. The van der Waals surface area contributed by atoms with E-state index in [0.717, 1.165) is 18.4 Å². The number of alkyl carbamates (subject to hydrolysis) is 1. The normalized spacial score (nSPS) is 16.5. The minimum absolute atomic E-state index is 0.190. The van der Waals surface area contributed by atoms with Gasteiger partial charge in [0.05, 0.1) is 20.8 Å². The summed E-state index contributed by atoms with van der Waals surface area (Å²) in [5.41, 5.74) is 0.917. The lowest BCUT2D eigenvalue weighted by Crippen LogP contribution is -2.44. The van der Waals surface area contributed by atoms with Crippen molar-refractivity contribution in [1.82, 2.24) is 5.32 Å². The van der Waals surface area contributed by atoms with Crippen LogP contribution in [0.15, 0.2) is 18.2 Å². The molecule has 6 nitrogen and oxygen atoms in total. The summed E-state index contributed by atoms with van der Waals surface area (Å²) in [6.07, 6.45) is 1.27. The third-order valence-corrected chi connectivity index (χ3v) is 4.29. The number of ether oxygens (including phenoxy) is 4. The van der Waals surface area contributed by atoms with Crippen molar-refractivity contribution in [1.29, 1.82) is 0 Å². The Bertz CT molecular complexity index is 526. The van der Waals surface area contributed by atoms with Crippen molar-refractivity contribution in [2.45, 2.75) is 25.2 Å². The van der Waals surface area contributed by atoms with E-state index in [1.807, 2.05) is 18.2 Å². The molecule has 1 saturated heterocycles. The van der Waals surface area contributed by atoms with E-state index >= 15 is 0 Å². The molecule has 1 fully saturated rings. The van der Waals surface area contributed by atoms with Crippen molar-refractivity contribution < 1.29 is 23.7 Å². The third kappa shape index (κ3) is 4.07. The molecule has 0 spiro atoms. The summed E-state index contributed by atoms with van der Waals surface area (Å²) < 4.78 is 21.2. The van der Waals surface area contributed by atoms with Crippen LogP contribution < -0.4 is 14.8 Å². The predicted molar refractivity (Wildman–Crippen MR) is 86.3 cm³/mol. The van der Waals surface area contributed by atoms with Crippen LogP contribution in [0.3, 0.4) is 0 Å². The summed E-state index contributed by atoms with van der Waals surface area (Å²) in [6, 6.07) is 5.91. The van der Waals surface area contributed by atoms with Crippen LogP contribution in [0.4, 0.5) is 4.79 Å². The Balaban J connectivity index is 2.25. The Morgan fingerprint density at radius 3 is 2.52 bits per heavy atom. The molecule has 0 unspecified atom stereocenters. The molecule has 1 amide bonds. The molecule has 1 aliphatic rings. The van der Waals surface area contributed by atoms with E-state index < -0.39 is 0 Å². The lowest BCUT2D eigenvalue weighted by Gasteiger charge is -2.38. The van der Waals surface area contributed by atoms with Crippen molar-refractivity contribution >= 4 is 6.09 Å². The van der Waals surface area contributed by atoms with E-state index in [4.69, 9.17) is 18.9 Å². The highest BCUT2D eigenvalue weighted by Crippen LogP contribution is 2.38. The zero-order valence-electron chi connectivity index (χ0n) is 14.0. The Morgan fingerprint density at radius 1 is 1.22 bits per heavy atom. The van der Waals surface area contributed by atoms with Crippen LogP contribution in [-0.2, 0) is 14.9 Å². The fourth-order valence-corrected chi connectivity index (χ4v) is 2.92. The first-order chi connectivity index (χ1) is 11.1. The largest absolute Gasteiger partial charge is 0.493 e. The maximum atomic E-state index is 11.7. The van der Waals surface area contributed by atoms with Crippen LogP contribution in [0.5, 0.6) is 11.5 Å². The van der Waals surface area contributed by atoms with Gasteiger partial charge in [0, 0.05) is 25.2 Å². The fraction of sp³-hybridized carbons (Fsp3) is 0.588. The summed E-state index contributed by atoms with van der Waals surface area (Å²) in [6.45, 7) is 3.98. The lowest BCUT2D eigenvalue weighted by atomic mass is 9.74. The number of rotatable bonds is 6. The van der Waals surface area contributed by atoms with Gasteiger partial charge in [0.1, 0.15) is 0 Å². The number of hydrogen-bond acceptors (Lipinski definition) is 5. The Morgan fingerprint density at radius 2 is 1.91 bits per heavy atom. The zero-order valence-corrected chi connectivity index (χ0v) is 14.0. The van der Waals surface area contributed by atoms with E-state index in [9.17, 15) is 4.79 Å². The second-order valence-corrected chi connectivity index (χ2v) is 5.54. The molecule has 0 aromatic heterocycles. The van der Waals surface area contributed by atoms with Gasteiger partial charge in [-0.2, -0.15) is 0 Å². The van der Waals surface area contributed by atoms with E-state index in [2.05, 4.69) is 5.32 Å². The Labute approximate surface area is 137 Å². The minimum atomic E-state index is -0.390.